The van der Waals surface area contributed by atoms with Crippen LogP contribution in [-0.4, -0.2) is 19.9 Å². The summed E-state index contributed by atoms with van der Waals surface area (Å²) in [4.78, 5) is 17.4. The summed E-state index contributed by atoms with van der Waals surface area (Å²) in [6.45, 7) is 2.12. The van der Waals surface area contributed by atoms with Crippen LogP contribution in [-0.2, 0) is 6.42 Å². The van der Waals surface area contributed by atoms with Crippen molar-refractivity contribution >= 4 is 32.7 Å². The van der Waals surface area contributed by atoms with Gasteiger partial charge in [0, 0.05) is 25.0 Å². The highest BCUT2D eigenvalue weighted by Crippen LogP contribution is 2.26. The molecule has 0 N–H and O–H groups in total. The number of aryl methyl sites for hydroxylation is 1. The Morgan fingerprint density at radius 3 is 2.90 bits per heavy atom. The number of rotatable bonds is 2. The molecule has 3 heterocycles. The summed E-state index contributed by atoms with van der Waals surface area (Å²) in [5, 5.41) is 0. The van der Waals surface area contributed by atoms with E-state index in [1.54, 1.807) is 23.7 Å². The van der Waals surface area contributed by atoms with Gasteiger partial charge in [0.25, 0.3) is 0 Å². The number of aromatic nitrogens is 4. The SMILES string of the molecule is Cc1ccc(Cc2cnc3nccnc3c2)c2ncsc12. The molecule has 1 aromatic carbocycles. The van der Waals surface area contributed by atoms with E-state index in [9.17, 15) is 0 Å². The Morgan fingerprint density at radius 1 is 1.05 bits per heavy atom. The molecule has 3 aromatic heterocycles. The molecule has 102 valence electrons. The van der Waals surface area contributed by atoms with Crippen molar-refractivity contribution in [2.24, 2.45) is 0 Å². The number of hydrogen-bond acceptors (Lipinski definition) is 5. The Kier molecular flexibility index (Phi) is 2.86. The number of fused-ring (bicyclic) bond motifs is 2. The second-order valence-electron chi connectivity index (χ2n) is 4.99. The van der Waals surface area contributed by atoms with Gasteiger partial charge in [-0.05, 0) is 29.7 Å². The van der Waals surface area contributed by atoms with Gasteiger partial charge in [-0.15, -0.1) is 11.3 Å². The standard InChI is InChI=1S/C16H12N4S/c1-10-2-3-12(14-15(10)21-9-20-14)6-11-7-13-16(19-8-11)18-5-4-17-13/h2-5,7-9H,6H2,1H3. The zero-order valence-electron chi connectivity index (χ0n) is 11.4. The maximum Gasteiger partial charge on any atom is 0.178 e. The Labute approximate surface area is 125 Å². The third-order valence-corrected chi connectivity index (χ3v) is 4.50. The van der Waals surface area contributed by atoms with Crippen molar-refractivity contribution in [1.82, 2.24) is 19.9 Å². The van der Waals surface area contributed by atoms with Crippen LogP contribution in [0.25, 0.3) is 21.4 Å². The average molecular weight is 292 g/mol. The molecule has 4 rings (SSSR count). The van der Waals surface area contributed by atoms with Gasteiger partial charge in [-0.1, -0.05) is 12.1 Å². The first-order valence-electron chi connectivity index (χ1n) is 6.68. The maximum absolute atomic E-state index is 4.51. The lowest BCUT2D eigenvalue weighted by Gasteiger charge is -2.05. The molecular formula is C16H12N4S. The molecule has 0 bridgehead atoms. The van der Waals surface area contributed by atoms with Crippen molar-refractivity contribution in [2.75, 3.05) is 0 Å². The summed E-state index contributed by atoms with van der Waals surface area (Å²) in [6.07, 6.45) is 6.03. The van der Waals surface area contributed by atoms with E-state index >= 15 is 0 Å². The van der Waals surface area contributed by atoms with Gasteiger partial charge in [-0.2, -0.15) is 0 Å². The normalized spacial score (nSPS) is 11.3. The zero-order valence-corrected chi connectivity index (χ0v) is 12.3. The second kappa shape index (κ2) is 4.86. The monoisotopic (exact) mass is 292 g/mol. The second-order valence-corrected chi connectivity index (χ2v) is 5.85. The van der Waals surface area contributed by atoms with Gasteiger partial charge < -0.3 is 0 Å². The molecule has 0 saturated heterocycles. The minimum Gasteiger partial charge on any atom is -0.251 e. The lowest BCUT2D eigenvalue weighted by atomic mass is 10.0. The Balaban J connectivity index is 1.79. The Morgan fingerprint density at radius 2 is 1.95 bits per heavy atom. The minimum atomic E-state index is 0.684. The van der Waals surface area contributed by atoms with Crippen molar-refractivity contribution in [3.8, 4) is 0 Å². The molecule has 0 spiro atoms. The van der Waals surface area contributed by atoms with Crippen LogP contribution in [0, 0.1) is 6.92 Å². The summed E-state index contributed by atoms with van der Waals surface area (Å²) in [5.74, 6) is 0. The van der Waals surface area contributed by atoms with Gasteiger partial charge in [0.2, 0.25) is 0 Å². The van der Waals surface area contributed by atoms with Gasteiger partial charge >= 0.3 is 0 Å². The van der Waals surface area contributed by atoms with E-state index in [2.05, 4.69) is 39.0 Å². The minimum absolute atomic E-state index is 0.684. The molecule has 0 saturated carbocycles. The van der Waals surface area contributed by atoms with E-state index in [0.717, 1.165) is 23.0 Å². The van der Waals surface area contributed by atoms with E-state index in [4.69, 9.17) is 0 Å². The van der Waals surface area contributed by atoms with E-state index in [-0.39, 0.29) is 0 Å². The number of benzene rings is 1. The predicted octanol–water partition coefficient (Wildman–Crippen LogP) is 3.53. The summed E-state index contributed by atoms with van der Waals surface area (Å²) in [6, 6.07) is 6.36. The van der Waals surface area contributed by atoms with Crippen molar-refractivity contribution in [3.63, 3.8) is 0 Å². The average Bonchev–Trinajstić information content (AvgIpc) is 3.01. The highest BCUT2D eigenvalue weighted by Gasteiger charge is 2.08. The van der Waals surface area contributed by atoms with Gasteiger partial charge in [-0.25, -0.2) is 15.0 Å². The van der Waals surface area contributed by atoms with Crippen LogP contribution < -0.4 is 0 Å². The highest BCUT2D eigenvalue weighted by molar-refractivity contribution is 7.17. The molecule has 0 aliphatic carbocycles. The van der Waals surface area contributed by atoms with Crippen LogP contribution in [0.3, 0.4) is 0 Å². The van der Waals surface area contributed by atoms with Crippen molar-refractivity contribution in [3.05, 3.63) is 59.0 Å². The fraction of sp³-hybridized carbons (Fsp3) is 0.125. The molecule has 0 aliphatic heterocycles. The van der Waals surface area contributed by atoms with E-state index in [0.29, 0.717) is 5.65 Å². The fourth-order valence-corrected chi connectivity index (χ4v) is 3.31. The topological polar surface area (TPSA) is 51.6 Å². The molecule has 21 heavy (non-hydrogen) atoms. The van der Waals surface area contributed by atoms with Gasteiger partial charge in [0.1, 0.15) is 5.52 Å². The molecule has 0 amide bonds. The van der Waals surface area contributed by atoms with Crippen LogP contribution in [0.1, 0.15) is 16.7 Å². The van der Waals surface area contributed by atoms with Crippen molar-refractivity contribution in [1.29, 1.82) is 0 Å². The zero-order chi connectivity index (χ0) is 14.2. The molecule has 5 heteroatoms. The summed E-state index contributed by atoms with van der Waals surface area (Å²) < 4.78 is 1.26. The van der Waals surface area contributed by atoms with Gasteiger partial charge in [0.15, 0.2) is 5.65 Å². The van der Waals surface area contributed by atoms with Crippen molar-refractivity contribution in [2.45, 2.75) is 13.3 Å². The molecule has 0 aliphatic rings. The van der Waals surface area contributed by atoms with Gasteiger partial charge in [-0.3, -0.25) is 4.98 Å². The highest BCUT2D eigenvalue weighted by atomic mass is 32.1. The first kappa shape index (κ1) is 12.3. The van der Waals surface area contributed by atoms with Crippen LogP contribution in [0.2, 0.25) is 0 Å². The molecule has 0 atom stereocenters. The molecule has 4 aromatic rings. The Bertz CT molecular complexity index is 945. The van der Waals surface area contributed by atoms with E-state index in [1.807, 2.05) is 17.8 Å². The van der Waals surface area contributed by atoms with E-state index < -0.39 is 0 Å². The van der Waals surface area contributed by atoms with E-state index in [1.165, 1.54) is 15.8 Å². The smallest absolute Gasteiger partial charge is 0.178 e. The predicted molar refractivity (Wildman–Crippen MR) is 84.5 cm³/mol. The Hall–Kier alpha value is -2.40. The summed E-state index contributed by atoms with van der Waals surface area (Å²) >= 11 is 1.69. The largest absolute Gasteiger partial charge is 0.251 e. The molecular weight excluding hydrogens is 280 g/mol. The maximum atomic E-state index is 4.51. The van der Waals surface area contributed by atoms with Crippen LogP contribution in [0.5, 0.6) is 0 Å². The van der Waals surface area contributed by atoms with Crippen molar-refractivity contribution < 1.29 is 0 Å². The summed E-state index contributed by atoms with van der Waals surface area (Å²) in [5.41, 5.74) is 8.15. The lowest BCUT2D eigenvalue weighted by Crippen LogP contribution is -1.94. The van der Waals surface area contributed by atoms with Crippen LogP contribution in [0.4, 0.5) is 0 Å². The number of pyridine rings is 1. The molecule has 0 radical (unpaired) electrons. The third kappa shape index (κ3) is 2.15. The molecule has 0 fully saturated rings. The first-order valence-corrected chi connectivity index (χ1v) is 7.56. The number of hydrogen-bond donors (Lipinski definition) is 0. The number of nitrogens with zero attached hydrogens (tertiary/aromatic N) is 4. The molecule has 4 nitrogen and oxygen atoms in total. The quantitative estimate of drug-likeness (QED) is 0.567. The van der Waals surface area contributed by atoms with Crippen LogP contribution in [0.15, 0.2) is 42.3 Å². The fourth-order valence-electron chi connectivity index (χ4n) is 2.49. The third-order valence-electron chi connectivity index (χ3n) is 3.54. The van der Waals surface area contributed by atoms with Crippen LogP contribution >= 0.6 is 11.3 Å². The molecule has 0 unspecified atom stereocenters. The first-order chi connectivity index (χ1) is 10.3. The summed E-state index contributed by atoms with van der Waals surface area (Å²) in [7, 11) is 0. The lowest BCUT2D eigenvalue weighted by molar-refractivity contribution is 1.14. The number of thiazole rings is 1. The van der Waals surface area contributed by atoms with Gasteiger partial charge in [0.05, 0.1) is 15.7 Å².